The van der Waals surface area contributed by atoms with Gasteiger partial charge in [-0.2, -0.15) is 0 Å². The van der Waals surface area contributed by atoms with Gasteiger partial charge in [-0.15, -0.1) is 0 Å². The standard InChI is InChI=1S/C53H54N4O4/c1-50(2)18-22-56-23-19-51(3,4)39-27-32(26-38(50)45(39)56)14-16-36-29-34(44(54-9)48-55-41-12-10-11-13-42(41)60-48)30-37(59-36)17-15-33-28-35-31-40-46-43(47(35)61-49(33)58)53(7,8)21-25-57(46)24-20-52(40,5)6/h10-17,26-31H,18-25H2,1-8H3/b16-14+,17-15+,44-34+. The monoisotopic (exact) mass is 810 g/mol. The van der Waals surface area contributed by atoms with E-state index in [1.54, 1.807) is 12.2 Å². The SMILES string of the molecule is [C-]#[N+]/C(=C1C=C(/C=C/c2cc3c4c(c2)C(C)(C)CCN4CCC3(C)C)OC(/C=C/c2cc3cc4c5c(c3oc2=O)C(C)(C)CCN5CCC4(C)C)=C\1)c1nc2ccccc2o1. The summed E-state index contributed by atoms with van der Waals surface area (Å²) in [5.41, 5.74) is 11.8. The highest BCUT2D eigenvalue weighted by molar-refractivity contribution is 5.91. The third-order valence-corrected chi connectivity index (χ3v) is 14.3. The zero-order chi connectivity index (χ0) is 42.6. The van der Waals surface area contributed by atoms with Crippen molar-refractivity contribution >= 4 is 51.3 Å². The maximum Gasteiger partial charge on any atom is 0.343 e. The van der Waals surface area contributed by atoms with Crippen LogP contribution in [-0.2, 0) is 26.4 Å². The summed E-state index contributed by atoms with van der Waals surface area (Å²) in [6.07, 6.45) is 15.6. The lowest BCUT2D eigenvalue weighted by Crippen LogP contribution is -2.44. The van der Waals surface area contributed by atoms with Gasteiger partial charge in [-0.3, -0.25) is 0 Å². The van der Waals surface area contributed by atoms with Crippen molar-refractivity contribution in [2.24, 2.45) is 0 Å². The molecule has 0 bridgehead atoms. The van der Waals surface area contributed by atoms with E-state index in [4.69, 9.17) is 20.1 Å². The Kier molecular flexibility index (Phi) is 8.79. The molecule has 5 aliphatic rings. The van der Waals surface area contributed by atoms with Crippen molar-refractivity contribution in [1.82, 2.24) is 4.98 Å². The van der Waals surface area contributed by atoms with Crippen LogP contribution in [0, 0.1) is 6.57 Å². The predicted octanol–water partition coefficient (Wildman–Crippen LogP) is 12.1. The van der Waals surface area contributed by atoms with Gasteiger partial charge in [0.2, 0.25) is 5.89 Å². The minimum Gasteiger partial charge on any atom is -0.457 e. The number of fused-ring (bicyclic) bond motifs is 3. The Morgan fingerprint density at radius 3 is 1.90 bits per heavy atom. The largest absolute Gasteiger partial charge is 0.457 e. The molecule has 5 aromatic rings. The lowest BCUT2D eigenvalue weighted by Gasteiger charge is -2.48. The molecule has 0 amide bonds. The molecular weight excluding hydrogens is 757 g/mol. The Balaban J connectivity index is 1.06. The van der Waals surface area contributed by atoms with Crippen LogP contribution in [0.2, 0.25) is 0 Å². The first kappa shape index (κ1) is 39.1. The number of oxazole rings is 1. The van der Waals surface area contributed by atoms with Gasteiger partial charge in [0, 0.05) is 48.5 Å². The van der Waals surface area contributed by atoms with Crippen LogP contribution < -0.4 is 15.4 Å². The summed E-state index contributed by atoms with van der Waals surface area (Å²) in [5.74, 6) is 1.25. The Morgan fingerprint density at radius 2 is 1.28 bits per heavy atom. The van der Waals surface area contributed by atoms with Crippen LogP contribution in [0.4, 0.5) is 11.4 Å². The van der Waals surface area contributed by atoms with E-state index in [0.29, 0.717) is 39.3 Å². The molecule has 0 saturated carbocycles. The molecule has 7 heterocycles. The lowest BCUT2D eigenvalue weighted by atomic mass is 9.69. The highest BCUT2D eigenvalue weighted by Gasteiger charge is 2.43. The number of para-hydroxylation sites is 2. The van der Waals surface area contributed by atoms with E-state index in [1.807, 2.05) is 48.6 Å². The zero-order valence-corrected chi connectivity index (χ0v) is 36.7. The van der Waals surface area contributed by atoms with Crippen molar-refractivity contribution < 1.29 is 13.6 Å². The second-order valence-electron chi connectivity index (χ2n) is 20.3. The van der Waals surface area contributed by atoms with E-state index in [1.165, 1.54) is 28.1 Å². The second-order valence-corrected chi connectivity index (χ2v) is 20.3. The van der Waals surface area contributed by atoms with E-state index in [0.717, 1.165) is 68.4 Å². The fourth-order valence-electron chi connectivity index (χ4n) is 10.2. The third-order valence-electron chi connectivity index (χ3n) is 14.3. The summed E-state index contributed by atoms with van der Waals surface area (Å²) in [4.78, 5) is 27.6. The molecule has 61 heavy (non-hydrogen) atoms. The lowest BCUT2D eigenvalue weighted by molar-refractivity contribution is 0.332. The highest BCUT2D eigenvalue weighted by atomic mass is 16.5. The van der Waals surface area contributed by atoms with Crippen LogP contribution in [0.15, 0.2) is 104 Å². The molecule has 8 heteroatoms. The molecule has 0 spiro atoms. The normalized spacial score (nSPS) is 21.5. The predicted molar refractivity (Wildman–Crippen MR) is 247 cm³/mol. The van der Waals surface area contributed by atoms with Gasteiger partial charge >= 0.3 is 5.63 Å². The number of allylic oxidation sites excluding steroid dienone is 5. The number of rotatable bonds is 5. The molecule has 0 N–H and O–H groups in total. The zero-order valence-electron chi connectivity index (χ0n) is 36.7. The molecule has 0 saturated heterocycles. The molecule has 0 radical (unpaired) electrons. The van der Waals surface area contributed by atoms with E-state index in [-0.39, 0.29) is 33.2 Å². The van der Waals surface area contributed by atoms with Gasteiger partial charge in [-0.1, -0.05) is 73.6 Å². The number of hydrogen-bond donors (Lipinski definition) is 0. The molecule has 0 fully saturated rings. The first-order valence-electron chi connectivity index (χ1n) is 21.8. The van der Waals surface area contributed by atoms with Crippen LogP contribution in [0.1, 0.15) is 120 Å². The van der Waals surface area contributed by atoms with Crippen molar-refractivity contribution in [3.63, 3.8) is 0 Å². The van der Waals surface area contributed by atoms with E-state index >= 15 is 0 Å². The molecule has 0 unspecified atom stereocenters. The van der Waals surface area contributed by atoms with Crippen molar-refractivity contribution in [2.75, 3.05) is 36.0 Å². The molecule has 0 aliphatic carbocycles. The third kappa shape index (κ3) is 6.56. The molecule has 310 valence electrons. The van der Waals surface area contributed by atoms with Crippen molar-refractivity contribution in [3.05, 3.63) is 151 Å². The minimum absolute atomic E-state index is 0.00764. The summed E-state index contributed by atoms with van der Waals surface area (Å²) in [6.45, 7) is 31.1. The van der Waals surface area contributed by atoms with Crippen molar-refractivity contribution in [1.29, 1.82) is 0 Å². The van der Waals surface area contributed by atoms with Gasteiger partial charge in [0.05, 0.1) is 12.1 Å². The number of hydrogen-bond acceptors (Lipinski definition) is 7. The maximum absolute atomic E-state index is 13.9. The number of anilines is 2. The Bertz CT molecular complexity index is 2880. The van der Waals surface area contributed by atoms with E-state index in [9.17, 15) is 4.79 Å². The average molecular weight is 811 g/mol. The fraction of sp³-hybridized carbons (Fsp3) is 0.377. The van der Waals surface area contributed by atoms with Crippen molar-refractivity contribution in [3.8, 4) is 0 Å². The Hall–Kier alpha value is -6.07. The molecule has 8 nitrogen and oxygen atoms in total. The van der Waals surface area contributed by atoms with Gasteiger partial charge < -0.3 is 23.4 Å². The van der Waals surface area contributed by atoms with Crippen LogP contribution in [0.3, 0.4) is 0 Å². The number of ether oxygens (including phenoxy) is 1. The fourth-order valence-corrected chi connectivity index (χ4v) is 10.2. The van der Waals surface area contributed by atoms with Gasteiger partial charge in [-0.25, -0.2) is 14.6 Å². The average Bonchev–Trinajstić information content (AvgIpc) is 3.64. The van der Waals surface area contributed by atoms with E-state index in [2.05, 4.69) is 99.3 Å². The smallest absolute Gasteiger partial charge is 0.343 e. The van der Waals surface area contributed by atoms with Crippen LogP contribution >= 0.6 is 0 Å². The summed E-state index contributed by atoms with van der Waals surface area (Å²) in [7, 11) is 0. The number of nitrogens with zero attached hydrogens (tertiary/aromatic N) is 4. The molecule has 3 aromatic carbocycles. The van der Waals surface area contributed by atoms with Crippen LogP contribution in [0.5, 0.6) is 0 Å². The maximum atomic E-state index is 13.9. The molecule has 5 aliphatic heterocycles. The Labute approximate surface area is 358 Å². The summed E-state index contributed by atoms with van der Waals surface area (Å²) < 4.78 is 19.0. The minimum atomic E-state index is -0.403. The summed E-state index contributed by atoms with van der Waals surface area (Å²) in [5, 5.41) is 0.922. The quantitative estimate of drug-likeness (QED) is 0.129. The molecule has 10 rings (SSSR count). The summed E-state index contributed by atoms with van der Waals surface area (Å²) >= 11 is 0. The van der Waals surface area contributed by atoms with E-state index < -0.39 is 5.63 Å². The molecular formula is C53H54N4O4. The van der Waals surface area contributed by atoms with Gasteiger partial charge in [0.1, 0.15) is 22.6 Å². The number of benzene rings is 3. The molecule has 0 atom stereocenters. The van der Waals surface area contributed by atoms with Gasteiger partial charge in [-0.05, 0) is 142 Å². The van der Waals surface area contributed by atoms with Gasteiger partial charge in [0.15, 0.2) is 5.58 Å². The Morgan fingerprint density at radius 1 is 0.705 bits per heavy atom. The van der Waals surface area contributed by atoms with Gasteiger partial charge in [0.25, 0.3) is 5.70 Å². The number of aromatic nitrogens is 1. The highest BCUT2D eigenvalue weighted by Crippen LogP contribution is 2.52. The first-order chi connectivity index (χ1) is 29.0. The van der Waals surface area contributed by atoms with Crippen LogP contribution in [0.25, 0.3) is 44.8 Å². The first-order valence-corrected chi connectivity index (χ1v) is 21.8. The van der Waals surface area contributed by atoms with Crippen molar-refractivity contribution in [2.45, 2.75) is 103 Å². The molecule has 2 aromatic heterocycles. The summed E-state index contributed by atoms with van der Waals surface area (Å²) in [6, 6.07) is 16.4. The topological polar surface area (TPSA) is 76.3 Å². The second kappa shape index (κ2) is 13.7. The van der Waals surface area contributed by atoms with Crippen LogP contribution in [-0.4, -0.2) is 31.2 Å².